The highest BCUT2D eigenvalue weighted by Gasteiger charge is 2.30. The molecule has 0 spiro atoms. The Labute approximate surface area is 106 Å². The van der Waals surface area contributed by atoms with Crippen LogP contribution in [0.25, 0.3) is 0 Å². The van der Waals surface area contributed by atoms with Crippen LogP contribution in [0.4, 0.5) is 0 Å². The highest BCUT2D eigenvalue weighted by atomic mass is 16.5. The van der Waals surface area contributed by atoms with Crippen LogP contribution in [0, 0.1) is 11.8 Å². The average molecular weight is 239 g/mol. The summed E-state index contributed by atoms with van der Waals surface area (Å²) in [7, 11) is 1.85. The molecule has 0 amide bonds. The molecule has 2 heteroatoms. The van der Waals surface area contributed by atoms with Crippen molar-refractivity contribution in [1.82, 2.24) is 0 Å². The first kappa shape index (κ1) is 13.4. The van der Waals surface area contributed by atoms with Gasteiger partial charge in [-0.3, -0.25) is 0 Å². The Morgan fingerprint density at radius 1 is 1.00 bits per heavy atom. The molecule has 2 saturated carbocycles. The van der Waals surface area contributed by atoms with E-state index in [0.717, 1.165) is 11.8 Å². The van der Waals surface area contributed by atoms with Gasteiger partial charge in [0, 0.05) is 13.2 Å². The van der Waals surface area contributed by atoms with Crippen molar-refractivity contribution in [3.63, 3.8) is 0 Å². The molecule has 100 valence electrons. The smallest absolute Gasteiger partial charge is 0.0750 e. The van der Waals surface area contributed by atoms with E-state index >= 15 is 0 Å². The molecule has 2 rings (SSSR count). The zero-order chi connectivity index (χ0) is 12.1. The lowest BCUT2D eigenvalue weighted by Crippen LogP contribution is -2.43. The quantitative estimate of drug-likeness (QED) is 0.797. The predicted molar refractivity (Wildman–Crippen MR) is 71.9 cm³/mol. The van der Waals surface area contributed by atoms with Gasteiger partial charge in [-0.15, -0.1) is 0 Å². The van der Waals surface area contributed by atoms with Gasteiger partial charge >= 0.3 is 0 Å². The van der Waals surface area contributed by atoms with Crippen molar-refractivity contribution < 1.29 is 4.74 Å². The fourth-order valence-corrected chi connectivity index (χ4v) is 3.94. The van der Waals surface area contributed by atoms with Crippen molar-refractivity contribution in [1.29, 1.82) is 0 Å². The molecule has 0 heterocycles. The molecule has 2 unspecified atom stereocenters. The molecular formula is C15H29NO. The van der Waals surface area contributed by atoms with E-state index in [1.165, 1.54) is 64.2 Å². The van der Waals surface area contributed by atoms with Gasteiger partial charge in [0.05, 0.1) is 6.10 Å². The van der Waals surface area contributed by atoms with E-state index in [4.69, 9.17) is 10.5 Å². The summed E-state index contributed by atoms with van der Waals surface area (Å²) in [5, 5.41) is 0. The van der Waals surface area contributed by atoms with Gasteiger partial charge in [0.1, 0.15) is 0 Å². The summed E-state index contributed by atoms with van der Waals surface area (Å²) in [4.78, 5) is 0. The van der Waals surface area contributed by atoms with Crippen molar-refractivity contribution in [3.05, 3.63) is 0 Å². The Kier molecular flexibility index (Phi) is 5.30. The van der Waals surface area contributed by atoms with Crippen LogP contribution in [0.3, 0.4) is 0 Å². The van der Waals surface area contributed by atoms with Gasteiger partial charge in [-0.25, -0.2) is 0 Å². The standard InChI is InChI=1S/C15H29NO/c1-17-15(13-9-3-2-4-10-13)14(16)11-12-7-5-6-8-12/h12-15H,2-11,16H2,1H3. The van der Waals surface area contributed by atoms with Crippen molar-refractivity contribution >= 4 is 0 Å². The van der Waals surface area contributed by atoms with Crippen LogP contribution in [-0.4, -0.2) is 19.3 Å². The number of ether oxygens (including phenoxy) is 1. The summed E-state index contributed by atoms with van der Waals surface area (Å²) < 4.78 is 5.74. The Balaban J connectivity index is 1.82. The highest BCUT2D eigenvalue weighted by molar-refractivity contribution is 4.85. The topological polar surface area (TPSA) is 35.2 Å². The van der Waals surface area contributed by atoms with E-state index in [9.17, 15) is 0 Å². The second-order valence-electron chi connectivity index (χ2n) is 6.15. The highest BCUT2D eigenvalue weighted by Crippen LogP contribution is 2.33. The number of hydrogen-bond donors (Lipinski definition) is 1. The van der Waals surface area contributed by atoms with E-state index in [2.05, 4.69) is 0 Å². The summed E-state index contributed by atoms with van der Waals surface area (Å²) >= 11 is 0. The molecule has 17 heavy (non-hydrogen) atoms. The monoisotopic (exact) mass is 239 g/mol. The van der Waals surface area contributed by atoms with E-state index in [1.807, 2.05) is 7.11 Å². The van der Waals surface area contributed by atoms with Crippen molar-refractivity contribution in [2.24, 2.45) is 17.6 Å². The Hall–Kier alpha value is -0.0800. The van der Waals surface area contributed by atoms with Crippen LogP contribution < -0.4 is 5.73 Å². The molecular weight excluding hydrogens is 210 g/mol. The van der Waals surface area contributed by atoms with Crippen LogP contribution in [0.15, 0.2) is 0 Å². The molecule has 2 aliphatic carbocycles. The van der Waals surface area contributed by atoms with Gasteiger partial charge < -0.3 is 10.5 Å². The number of rotatable bonds is 5. The Morgan fingerprint density at radius 3 is 2.18 bits per heavy atom. The maximum Gasteiger partial charge on any atom is 0.0750 e. The Bertz CT molecular complexity index is 207. The molecule has 0 saturated heterocycles. The van der Waals surface area contributed by atoms with Gasteiger partial charge in [0.25, 0.3) is 0 Å². The SMILES string of the molecule is COC(C(N)CC1CCCC1)C1CCCCC1. The first-order valence-corrected chi connectivity index (χ1v) is 7.59. The summed E-state index contributed by atoms with van der Waals surface area (Å²) in [5.74, 6) is 1.61. The molecule has 0 radical (unpaired) electrons. The zero-order valence-electron chi connectivity index (χ0n) is 11.4. The third kappa shape index (κ3) is 3.69. The molecule has 2 nitrogen and oxygen atoms in total. The zero-order valence-corrected chi connectivity index (χ0v) is 11.4. The molecule has 2 fully saturated rings. The van der Waals surface area contributed by atoms with Crippen molar-refractivity contribution in [2.45, 2.75) is 76.4 Å². The molecule has 2 N–H and O–H groups in total. The Morgan fingerprint density at radius 2 is 1.59 bits per heavy atom. The lowest BCUT2D eigenvalue weighted by Gasteiger charge is -2.34. The largest absolute Gasteiger partial charge is 0.380 e. The molecule has 2 atom stereocenters. The third-order valence-corrected chi connectivity index (χ3v) is 4.89. The molecule has 0 bridgehead atoms. The normalized spacial score (nSPS) is 27.2. The molecule has 0 aromatic rings. The number of hydrogen-bond acceptors (Lipinski definition) is 2. The maximum absolute atomic E-state index is 6.41. The number of methoxy groups -OCH3 is 1. The average Bonchev–Trinajstić information content (AvgIpc) is 2.84. The minimum atomic E-state index is 0.270. The van der Waals surface area contributed by atoms with Gasteiger partial charge in [-0.2, -0.15) is 0 Å². The van der Waals surface area contributed by atoms with Crippen molar-refractivity contribution in [2.75, 3.05) is 7.11 Å². The van der Waals surface area contributed by atoms with Crippen LogP contribution in [-0.2, 0) is 4.74 Å². The fraction of sp³-hybridized carbons (Fsp3) is 1.00. The van der Waals surface area contributed by atoms with Crippen LogP contribution in [0.2, 0.25) is 0 Å². The molecule has 0 aliphatic heterocycles. The lowest BCUT2D eigenvalue weighted by atomic mass is 9.80. The molecule has 0 aromatic carbocycles. The summed E-state index contributed by atoms with van der Waals surface area (Å²) in [5.41, 5.74) is 6.41. The van der Waals surface area contributed by atoms with E-state index in [0.29, 0.717) is 6.10 Å². The summed E-state index contributed by atoms with van der Waals surface area (Å²) in [6, 6.07) is 0.270. The van der Waals surface area contributed by atoms with E-state index < -0.39 is 0 Å². The fourth-order valence-electron chi connectivity index (χ4n) is 3.94. The summed E-state index contributed by atoms with van der Waals surface area (Å²) in [6.45, 7) is 0. The molecule has 2 aliphatic rings. The lowest BCUT2D eigenvalue weighted by molar-refractivity contribution is 0.0124. The summed E-state index contributed by atoms with van der Waals surface area (Å²) in [6.07, 6.45) is 14.0. The van der Waals surface area contributed by atoms with Gasteiger partial charge in [0.15, 0.2) is 0 Å². The van der Waals surface area contributed by atoms with Crippen LogP contribution in [0.1, 0.15) is 64.2 Å². The molecule has 0 aromatic heterocycles. The van der Waals surface area contributed by atoms with Crippen LogP contribution >= 0.6 is 0 Å². The minimum absolute atomic E-state index is 0.270. The van der Waals surface area contributed by atoms with Gasteiger partial charge in [-0.1, -0.05) is 44.9 Å². The second-order valence-corrected chi connectivity index (χ2v) is 6.15. The predicted octanol–water partition coefficient (Wildman–Crippen LogP) is 3.49. The van der Waals surface area contributed by atoms with E-state index in [1.54, 1.807) is 0 Å². The minimum Gasteiger partial charge on any atom is -0.380 e. The van der Waals surface area contributed by atoms with Crippen molar-refractivity contribution in [3.8, 4) is 0 Å². The first-order valence-electron chi connectivity index (χ1n) is 7.59. The number of nitrogens with two attached hydrogens (primary N) is 1. The maximum atomic E-state index is 6.41. The van der Waals surface area contributed by atoms with Gasteiger partial charge in [0.2, 0.25) is 0 Å². The third-order valence-electron chi connectivity index (χ3n) is 4.89. The second kappa shape index (κ2) is 6.75. The van der Waals surface area contributed by atoms with Gasteiger partial charge in [-0.05, 0) is 31.1 Å². The van der Waals surface area contributed by atoms with E-state index in [-0.39, 0.29) is 6.04 Å². The first-order chi connectivity index (χ1) is 8.31. The van der Waals surface area contributed by atoms with Crippen LogP contribution in [0.5, 0.6) is 0 Å².